The molecule has 0 spiro atoms. The Bertz CT molecular complexity index is 848. The highest BCUT2D eigenvalue weighted by Gasteiger charge is 2.34. The Morgan fingerprint density at radius 2 is 2.00 bits per heavy atom. The van der Waals surface area contributed by atoms with Crippen LogP contribution in [0.15, 0.2) is 42.5 Å². The zero-order valence-electron chi connectivity index (χ0n) is 15.5. The third kappa shape index (κ3) is 4.39. The lowest BCUT2D eigenvalue weighted by Crippen LogP contribution is -2.25. The Balaban J connectivity index is 1.68. The molecule has 1 N–H and O–H groups in total. The second-order valence-electron chi connectivity index (χ2n) is 6.71. The first kappa shape index (κ1) is 18.8. The number of methoxy groups -OCH3 is 1. The summed E-state index contributed by atoms with van der Waals surface area (Å²) in [6.07, 6.45) is 0.0596. The molecule has 6 heteroatoms. The fraction of sp³-hybridized carbons (Fsp3) is 0.333. The van der Waals surface area contributed by atoms with Crippen LogP contribution in [-0.4, -0.2) is 35.5 Å². The number of aliphatic carboxylic acids is 1. The van der Waals surface area contributed by atoms with E-state index in [2.05, 4.69) is 0 Å². The summed E-state index contributed by atoms with van der Waals surface area (Å²) >= 11 is 0. The summed E-state index contributed by atoms with van der Waals surface area (Å²) in [5.41, 5.74) is 3.13. The molecular weight excluding hydrogens is 346 g/mol. The van der Waals surface area contributed by atoms with Crippen molar-refractivity contribution in [3.63, 3.8) is 0 Å². The largest absolute Gasteiger partial charge is 0.493 e. The number of aryl methyl sites for hydroxylation is 1. The molecule has 3 rings (SSSR count). The summed E-state index contributed by atoms with van der Waals surface area (Å²) in [6.45, 7) is 3.07. The lowest BCUT2D eigenvalue weighted by Gasteiger charge is -2.18. The van der Waals surface area contributed by atoms with E-state index in [9.17, 15) is 9.59 Å². The molecule has 1 atom stereocenters. The summed E-state index contributed by atoms with van der Waals surface area (Å²) in [6, 6.07) is 13.5. The van der Waals surface area contributed by atoms with Crippen LogP contribution in [0.4, 0.5) is 0 Å². The van der Waals surface area contributed by atoms with Crippen molar-refractivity contribution in [2.75, 3.05) is 13.7 Å². The van der Waals surface area contributed by atoms with E-state index in [1.165, 1.54) is 0 Å². The Labute approximate surface area is 158 Å². The molecule has 1 fully saturated rings. The summed E-state index contributed by atoms with van der Waals surface area (Å²) < 4.78 is 11.3. The molecule has 0 aliphatic carbocycles. The maximum Gasteiger partial charge on any atom is 0.308 e. The van der Waals surface area contributed by atoms with Crippen molar-refractivity contribution in [1.29, 1.82) is 0 Å². The van der Waals surface area contributed by atoms with E-state index < -0.39 is 11.9 Å². The van der Waals surface area contributed by atoms with Gasteiger partial charge in [0.2, 0.25) is 5.91 Å². The van der Waals surface area contributed by atoms with Gasteiger partial charge in [0.15, 0.2) is 11.5 Å². The highest BCUT2D eigenvalue weighted by Crippen LogP contribution is 2.30. The first-order chi connectivity index (χ1) is 13.0. The lowest BCUT2D eigenvalue weighted by molar-refractivity contribution is -0.141. The molecule has 0 saturated carbocycles. The number of hydrogen-bond donors (Lipinski definition) is 1. The highest BCUT2D eigenvalue weighted by atomic mass is 16.5. The summed E-state index contributed by atoms with van der Waals surface area (Å²) in [5.74, 6) is -0.482. The number of rotatable bonds is 7. The van der Waals surface area contributed by atoms with Crippen molar-refractivity contribution in [3.05, 3.63) is 59.2 Å². The normalized spacial score (nSPS) is 16.4. The van der Waals surface area contributed by atoms with Crippen molar-refractivity contribution >= 4 is 11.9 Å². The van der Waals surface area contributed by atoms with E-state index in [-0.39, 0.29) is 18.9 Å². The fourth-order valence-electron chi connectivity index (χ4n) is 3.17. The van der Waals surface area contributed by atoms with Crippen LogP contribution in [0.3, 0.4) is 0 Å². The highest BCUT2D eigenvalue weighted by molar-refractivity contribution is 5.86. The van der Waals surface area contributed by atoms with Gasteiger partial charge in [-0.15, -0.1) is 0 Å². The fourth-order valence-corrected chi connectivity index (χ4v) is 3.17. The van der Waals surface area contributed by atoms with Crippen LogP contribution in [0.5, 0.6) is 11.5 Å². The van der Waals surface area contributed by atoms with Crippen LogP contribution < -0.4 is 9.47 Å². The molecule has 1 aliphatic rings. The first-order valence-corrected chi connectivity index (χ1v) is 8.82. The number of carboxylic acids is 1. The number of ether oxygens (including phenoxy) is 2. The molecule has 1 amide bonds. The number of amides is 1. The number of nitrogens with zero attached hydrogens (tertiary/aromatic N) is 1. The van der Waals surface area contributed by atoms with E-state index in [4.69, 9.17) is 14.6 Å². The number of likely N-dealkylation sites (tertiary alicyclic amines) is 1. The van der Waals surface area contributed by atoms with Gasteiger partial charge in [0.1, 0.15) is 6.61 Å². The standard InChI is InChI=1S/C21H23NO5/c1-14-5-3-4-6-16(14)13-27-18-8-7-15(9-19(18)26-2)11-22-12-17(21(24)25)10-20(22)23/h3-9,17H,10-13H2,1-2H3,(H,24,25). The number of hydrogen-bond acceptors (Lipinski definition) is 4. The summed E-state index contributed by atoms with van der Waals surface area (Å²) in [4.78, 5) is 24.7. The van der Waals surface area contributed by atoms with Crippen molar-refractivity contribution in [1.82, 2.24) is 4.90 Å². The zero-order valence-corrected chi connectivity index (χ0v) is 15.5. The molecule has 6 nitrogen and oxygen atoms in total. The Kier molecular flexibility index (Phi) is 5.64. The smallest absolute Gasteiger partial charge is 0.308 e. The average molecular weight is 369 g/mol. The topological polar surface area (TPSA) is 76.1 Å². The molecule has 0 radical (unpaired) electrons. The van der Waals surface area contributed by atoms with E-state index in [1.54, 1.807) is 12.0 Å². The van der Waals surface area contributed by atoms with E-state index in [1.807, 2.05) is 49.4 Å². The van der Waals surface area contributed by atoms with Crippen LogP contribution in [0.1, 0.15) is 23.1 Å². The van der Waals surface area contributed by atoms with Gasteiger partial charge in [-0.1, -0.05) is 30.3 Å². The van der Waals surface area contributed by atoms with E-state index in [0.29, 0.717) is 24.7 Å². The molecule has 2 aromatic carbocycles. The van der Waals surface area contributed by atoms with Crippen molar-refractivity contribution in [3.8, 4) is 11.5 Å². The van der Waals surface area contributed by atoms with Gasteiger partial charge in [0.25, 0.3) is 0 Å². The van der Waals surface area contributed by atoms with Crippen LogP contribution in [0.2, 0.25) is 0 Å². The predicted octanol–water partition coefficient (Wildman–Crippen LogP) is 3.02. The van der Waals surface area contributed by atoms with Crippen LogP contribution in [-0.2, 0) is 22.7 Å². The van der Waals surface area contributed by atoms with Gasteiger partial charge in [-0.3, -0.25) is 9.59 Å². The average Bonchev–Trinajstić information content (AvgIpc) is 3.02. The molecule has 27 heavy (non-hydrogen) atoms. The third-order valence-corrected chi connectivity index (χ3v) is 4.81. The van der Waals surface area contributed by atoms with Gasteiger partial charge in [-0.2, -0.15) is 0 Å². The number of carboxylic acid groups (broad SMARTS) is 1. The van der Waals surface area contributed by atoms with Gasteiger partial charge in [0, 0.05) is 19.5 Å². The second kappa shape index (κ2) is 8.12. The van der Waals surface area contributed by atoms with Gasteiger partial charge in [0.05, 0.1) is 13.0 Å². The van der Waals surface area contributed by atoms with Crippen molar-refractivity contribution in [2.24, 2.45) is 5.92 Å². The van der Waals surface area contributed by atoms with Crippen LogP contribution in [0.25, 0.3) is 0 Å². The monoisotopic (exact) mass is 369 g/mol. The molecule has 0 aromatic heterocycles. The molecule has 2 aromatic rings. The first-order valence-electron chi connectivity index (χ1n) is 8.82. The van der Waals surface area contributed by atoms with E-state index in [0.717, 1.165) is 16.7 Å². The van der Waals surface area contributed by atoms with Gasteiger partial charge >= 0.3 is 5.97 Å². The number of benzene rings is 2. The van der Waals surface area contributed by atoms with E-state index >= 15 is 0 Å². The van der Waals surface area contributed by atoms with Crippen LogP contribution >= 0.6 is 0 Å². The summed E-state index contributed by atoms with van der Waals surface area (Å²) in [7, 11) is 1.57. The van der Waals surface area contributed by atoms with Gasteiger partial charge in [-0.25, -0.2) is 0 Å². The van der Waals surface area contributed by atoms with Crippen LogP contribution in [0, 0.1) is 12.8 Å². The molecule has 1 saturated heterocycles. The zero-order chi connectivity index (χ0) is 19.4. The van der Waals surface area contributed by atoms with Gasteiger partial charge in [-0.05, 0) is 35.7 Å². The predicted molar refractivity (Wildman–Crippen MR) is 99.7 cm³/mol. The number of carbonyl (C=O) groups excluding carboxylic acids is 1. The lowest BCUT2D eigenvalue weighted by atomic mass is 10.1. The minimum absolute atomic E-state index is 0.0596. The SMILES string of the molecule is COc1cc(CN2CC(C(=O)O)CC2=O)ccc1OCc1ccccc1C. The molecule has 1 unspecified atom stereocenters. The Hall–Kier alpha value is -3.02. The maximum atomic E-state index is 12.0. The second-order valence-corrected chi connectivity index (χ2v) is 6.71. The molecule has 1 heterocycles. The Morgan fingerprint density at radius 1 is 1.22 bits per heavy atom. The summed E-state index contributed by atoms with van der Waals surface area (Å²) in [5, 5.41) is 9.09. The third-order valence-electron chi connectivity index (χ3n) is 4.81. The van der Waals surface area contributed by atoms with Crippen molar-refractivity contribution < 1.29 is 24.2 Å². The molecular formula is C21H23NO5. The maximum absolute atomic E-state index is 12.0. The molecule has 0 bridgehead atoms. The quantitative estimate of drug-likeness (QED) is 0.812. The molecule has 142 valence electrons. The Morgan fingerprint density at radius 3 is 2.67 bits per heavy atom. The molecule has 1 aliphatic heterocycles. The minimum Gasteiger partial charge on any atom is -0.493 e. The van der Waals surface area contributed by atoms with Gasteiger partial charge < -0.3 is 19.5 Å². The minimum atomic E-state index is -0.927. The number of carbonyl (C=O) groups is 2. The van der Waals surface area contributed by atoms with Crippen molar-refractivity contribution in [2.45, 2.75) is 26.5 Å².